The van der Waals surface area contributed by atoms with Gasteiger partial charge in [-0.15, -0.1) is 0 Å². The number of ketones is 1. The zero-order valence-corrected chi connectivity index (χ0v) is 14.9. The molecule has 3 amide bonds. The van der Waals surface area contributed by atoms with Gasteiger partial charge in [-0.1, -0.05) is 27.7 Å². The molecular formula is C16H32N4O3. The number of amides is 3. The molecule has 0 radical (unpaired) electrons. The normalized spacial score (nSPS) is 14.9. The molecule has 0 aliphatic heterocycles. The van der Waals surface area contributed by atoms with E-state index in [9.17, 15) is 14.4 Å². The largest absolute Gasteiger partial charge is 0.352 e. The molecule has 134 valence electrons. The van der Waals surface area contributed by atoms with Gasteiger partial charge in [0.25, 0.3) is 0 Å². The summed E-state index contributed by atoms with van der Waals surface area (Å²) in [5.74, 6) is -0.141. The Balaban J connectivity index is 4.80. The van der Waals surface area contributed by atoms with E-state index in [-0.39, 0.29) is 29.6 Å². The molecule has 7 nitrogen and oxygen atoms in total. The van der Waals surface area contributed by atoms with E-state index in [1.807, 2.05) is 27.7 Å². The molecule has 0 bridgehead atoms. The number of primary amides is 1. The van der Waals surface area contributed by atoms with E-state index in [2.05, 4.69) is 16.0 Å². The number of Topliss-reactive ketones (excluding diaryl/α,β-unsaturated/α-hetero) is 1. The van der Waals surface area contributed by atoms with E-state index >= 15 is 0 Å². The molecule has 3 atom stereocenters. The highest BCUT2D eigenvalue weighted by molar-refractivity contribution is 5.92. The molecule has 5 N–H and O–H groups in total. The van der Waals surface area contributed by atoms with Gasteiger partial charge in [0.2, 0.25) is 5.91 Å². The number of likely N-dealkylation sites (N-methyl/N-ethyl adjacent to an activating group) is 1. The highest BCUT2D eigenvalue weighted by Gasteiger charge is 2.28. The molecule has 0 aromatic heterocycles. The lowest BCUT2D eigenvalue weighted by atomic mass is 9.93. The van der Waals surface area contributed by atoms with Crippen LogP contribution in [0.25, 0.3) is 0 Å². The van der Waals surface area contributed by atoms with Gasteiger partial charge in [-0.05, 0) is 32.2 Å². The molecule has 0 saturated heterocycles. The highest BCUT2D eigenvalue weighted by atomic mass is 16.2. The van der Waals surface area contributed by atoms with Crippen LogP contribution in [0.4, 0.5) is 4.79 Å². The molecule has 0 spiro atoms. The predicted molar refractivity (Wildman–Crippen MR) is 90.9 cm³/mol. The van der Waals surface area contributed by atoms with Crippen LogP contribution in [0.2, 0.25) is 0 Å². The first-order valence-corrected chi connectivity index (χ1v) is 8.29. The molecule has 0 saturated carbocycles. The Bertz CT molecular complexity index is 399. The summed E-state index contributed by atoms with van der Waals surface area (Å²) >= 11 is 0. The van der Waals surface area contributed by atoms with Crippen molar-refractivity contribution in [3.05, 3.63) is 0 Å². The lowest BCUT2D eigenvalue weighted by Gasteiger charge is -2.25. The molecule has 0 rings (SSSR count). The minimum atomic E-state index is -0.589. The predicted octanol–water partition coefficient (Wildman–Crippen LogP) is 0.779. The summed E-state index contributed by atoms with van der Waals surface area (Å²) in [4.78, 5) is 35.5. The van der Waals surface area contributed by atoms with E-state index in [1.54, 1.807) is 7.05 Å². The number of hydrogen-bond donors (Lipinski definition) is 4. The number of carbonyl (C=O) groups excluding carboxylic acids is 3. The van der Waals surface area contributed by atoms with Crippen LogP contribution in [0.3, 0.4) is 0 Å². The SMILES string of the molecule is CCC(C)C(=O)C(CCCNC(N)=O)NC(=O)C(NC)C(C)C. The number of nitrogens with two attached hydrogens (primary N) is 1. The van der Waals surface area contributed by atoms with E-state index in [4.69, 9.17) is 5.73 Å². The van der Waals surface area contributed by atoms with Gasteiger partial charge >= 0.3 is 6.03 Å². The van der Waals surface area contributed by atoms with Crippen molar-refractivity contribution in [3.63, 3.8) is 0 Å². The molecule has 0 aliphatic rings. The zero-order chi connectivity index (χ0) is 18.0. The molecule has 23 heavy (non-hydrogen) atoms. The maximum atomic E-state index is 12.5. The lowest BCUT2D eigenvalue weighted by Crippen LogP contribution is -2.52. The second-order valence-corrected chi connectivity index (χ2v) is 6.22. The second kappa shape index (κ2) is 11.0. The van der Waals surface area contributed by atoms with Gasteiger partial charge in [0, 0.05) is 12.5 Å². The average molecular weight is 328 g/mol. The van der Waals surface area contributed by atoms with Crippen LogP contribution >= 0.6 is 0 Å². The highest BCUT2D eigenvalue weighted by Crippen LogP contribution is 2.11. The molecule has 0 heterocycles. The number of urea groups is 1. The average Bonchev–Trinajstić information content (AvgIpc) is 2.48. The summed E-state index contributed by atoms with van der Waals surface area (Å²) in [6, 6.07) is -1.47. The smallest absolute Gasteiger partial charge is 0.312 e. The van der Waals surface area contributed by atoms with Crippen LogP contribution in [0.5, 0.6) is 0 Å². The first-order chi connectivity index (χ1) is 10.7. The van der Waals surface area contributed by atoms with Crippen LogP contribution in [-0.2, 0) is 9.59 Å². The van der Waals surface area contributed by atoms with Crippen LogP contribution in [-0.4, -0.2) is 43.4 Å². The molecule has 0 aromatic rings. The summed E-state index contributed by atoms with van der Waals surface area (Å²) in [6.45, 7) is 8.09. The van der Waals surface area contributed by atoms with E-state index in [0.29, 0.717) is 19.4 Å². The fraction of sp³-hybridized carbons (Fsp3) is 0.812. The second-order valence-electron chi connectivity index (χ2n) is 6.22. The van der Waals surface area contributed by atoms with Crippen molar-refractivity contribution < 1.29 is 14.4 Å². The number of rotatable bonds is 11. The van der Waals surface area contributed by atoms with E-state index < -0.39 is 12.1 Å². The van der Waals surface area contributed by atoms with Gasteiger partial charge in [0.15, 0.2) is 5.78 Å². The molecule has 3 unspecified atom stereocenters. The Morgan fingerprint density at radius 3 is 2.17 bits per heavy atom. The standard InChI is InChI=1S/C16H32N4O3/c1-6-11(4)14(21)12(8-7-9-19-16(17)23)20-15(22)13(18-5)10(2)3/h10-13,18H,6-9H2,1-5H3,(H,20,22)(H3,17,19,23). The first kappa shape index (κ1) is 21.4. The maximum absolute atomic E-state index is 12.5. The molecule has 0 aliphatic carbocycles. The monoisotopic (exact) mass is 328 g/mol. The van der Waals surface area contributed by atoms with Crippen molar-refractivity contribution in [2.45, 2.75) is 59.0 Å². The van der Waals surface area contributed by atoms with Crippen molar-refractivity contribution in [1.29, 1.82) is 0 Å². The van der Waals surface area contributed by atoms with Crippen molar-refractivity contribution in [3.8, 4) is 0 Å². The Labute approximate surface area is 139 Å². The first-order valence-electron chi connectivity index (χ1n) is 8.29. The summed E-state index contributed by atoms with van der Waals surface area (Å²) in [6.07, 6.45) is 1.77. The van der Waals surface area contributed by atoms with Crippen LogP contribution in [0.1, 0.15) is 47.0 Å². The van der Waals surface area contributed by atoms with Crippen molar-refractivity contribution >= 4 is 17.7 Å². The minimum absolute atomic E-state index is 0.0264. The fourth-order valence-electron chi connectivity index (χ4n) is 2.38. The van der Waals surface area contributed by atoms with Gasteiger partial charge in [-0.2, -0.15) is 0 Å². The molecule has 0 aromatic carbocycles. The van der Waals surface area contributed by atoms with E-state index in [1.165, 1.54) is 0 Å². The fourth-order valence-corrected chi connectivity index (χ4v) is 2.38. The van der Waals surface area contributed by atoms with Crippen molar-refractivity contribution in [2.24, 2.45) is 17.6 Å². The summed E-state index contributed by atoms with van der Waals surface area (Å²) in [5, 5.41) is 8.32. The third kappa shape index (κ3) is 7.97. The molecular weight excluding hydrogens is 296 g/mol. The van der Waals surface area contributed by atoms with Gasteiger partial charge in [-0.25, -0.2) is 4.79 Å². The summed E-state index contributed by atoms with van der Waals surface area (Å²) in [7, 11) is 1.73. The number of hydrogen-bond acceptors (Lipinski definition) is 4. The van der Waals surface area contributed by atoms with E-state index in [0.717, 1.165) is 6.42 Å². The van der Waals surface area contributed by atoms with Crippen LogP contribution in [0.15, 0.2) is 0 Å². The Morgan fingerprint density at radius 2 is 1.74 bits per heavy atom. The summed E-state index contributed by atoms with van der Waals surface area (Å²) < 4.78 is 0. The van der Waals surface area contributed by atoms with Crippen LogP contribution < -0.4 is 21.7 Å². The Kier molecular flexibility index (Phi) is 10.2. The zero-order valence-electron chi connectivity index (χ0n) is 14.9. The maximum Gasteiger partial charge on any atom is 0.312 e. The van der Waals surface area contributed by atoms with Gasteiger partial charge in [0.1, 0.15) is 0 Å². The van der Waals surface area contributed by atoms with Gasteiger partial charge in [-0.3, -0.25) is 9.59 Å². The molecule has 0 fully saturated rings. The lowest BCUT2D eigenvalue weighted by molar-refractivity contribution is -0.131. The number of carbonyl (C=O) groups is 3. The quantitative estimate of drug-likeness (QED) is 0.420. The third-order valence-electron chi connectivity index (χ3n) is 3.99. The summed E-state index contributed by atoms with van der Waals surface area (Å²) in [5.41, 5.74) is 5.02. The number of nitrogens with one attached hydrogen (secondary N) is 3. The molecule has 7 heteroatoms. The van der Waals surface area contributed by atoms with Crippen LogP contribution in [0, 0.1) is 11.8 Å². The Morgan fingerprint density at radius 1 is 1.13 bits per heavy atom. The third-order valence-corrected chi connectivity index (χ3v) is 3.99. The van der Waals surface area contributed by atoms with Crippen molar-refractivity contribution in [2.75, 3.05) is 13.6 Å². The van der Waals surface area contributed by atoms with Gasteiger partial charge < -0.3 is 21.7 Å². The Hall–Kier alpha value is -1.63. The van der Waals surface area contributed by atoms with Crippen molar-refractivity contribution in [1.82, 2.24) is 16.0 Å². The topological polar surface area (TPSA) is 113 Å². The minimum Gasteiger partial charge on any atom is -0.352 e. The van der Waals surface area contributed by atoms with Gasteiger partial charge in [0.05, 0.1) is 12.1 Å².